The van der Waals surface area contributed by atoms with Crippen molar-refractivity contribution < 1.29 is 0 Å². The molecule has 0 spiro atoms. The lowest BCUT2D eigenvalue weighted by Crippen LogP contribution is -1.76. The molecule has 0 atom stereocenters. The Morgan fingerprint density at radius 2 is 2.38 bits per heavy atom. The van der Waals surface area contributed by atoms with Gasteiger partial charge in [-0.15, -0.1) is 0 Å². The van der Waals surface area contributed by atoms with E-state index in [1.165, 1.54) is 0 Å². The van der Waals surface area contributed by atoms with Crippen molar-refractivity contribution in [3.63, 3.8) is 0 Å². The molecule has 44 valence electrons. The van der Waals surface area contributed by atoms with Crippen molar-refractivity contribution in [2.45, 2.75) is 13.3 Å². The van der Waals surface area contributed by atoms with E-state index in [-0.39, 0.29) is 0 Å². The van der Waals surface area contributed by atoms with Crippen LogP contribution in [0, 0.1) is 0 Å². The zero-order valence-corrected chi connectivity index (χ0v) is 5.96. The van der Waals surface area contributed by atoms with Gasteiger partial charge >= 0.3 is 0 Å². The third-order valence-electron chi connectivity index (χ3n) is 0.845. The predicted octanol–water partition coefficient (Wildman–Crippen LogP) is 1.75. The fraction of sp³-hybridized carbons (Fsp3) is 0.500. The summed E-state index contributed by atoms with van der Waals surface area (Å²) in [5.41, 5.74) is 0.900. The largest absolute Gasteiger partial charge is 0.176 e. The molecule has 0 aliphatic carbocycles. The summed E-state index contributed by atoms with van der Waals surface area (Å²) in [6.45, 7) is 2.00. The molecule has 4 heteroatoms. The Hall–Kier alpha value is -0.150. The Kier molecular flexibility index (Phi) is 1.81. The fourth-order valence-corrected chi connectivity index (χ4v) is 1.26. The first kappa shape index (κ1) is 5.98. The van der Waals surface area contributed by atoms with Crippen LogP contribution >= 0.6 is 23.3 Å². The van der Waals surface area contributed by atoms with Gasteiger partial charge in [-0.2, -0.15) is 8.75 Å². The summed E-state index contributed by atoms with van der Waals surface area (Å²) in [7, 11) is 0. The Balaban J connectivity index is 2.92. The van der Waals surface area contributed by atoms with Gasteiger partial charge in [0.15, 0.2) is 5.15 Å². The molecular formula is C4H5ClN2S. The number of aryl methyl sites for hydroxylation is 1. The number of aromatic nitrogens is 2. The predicted molar refractivity (Wildman–Crippen MR) is 34.3 cm³/mol. The van der Waals surface area contributed by atoms with Crippen LogP contribution in [0.15, 0.2) is 0 Å². The van der Waals surface area contributed by atoms with Crippen LogP contribution in [0.1, 0.15) is 12.6 Å². The Morgan fingerprint density at radius 3 is 2.62 bits per heavy atom. The van der Waals surface area contributed by atoms with Crippen molar-refractivity contribution in [1.29, 1.82) is 0 Å². The van der Waals surface area contributed by atoms with Crippen molar-refractivity contribution in [2.24, 2.45) is 0 Å². The molecule has 1 heterocycles. The van der Waals surface area contributed by atoms with E-state index >= 15 is 0 Å². The third kappa shape index (κ3) is 0.980. The Bertz CT molecular complexity index is 174. The van der Waals surface area contributed by atoms with Gasteiger partial charge in [-0.3, -0.25) is 0 Å². The van der Waals surface area contributed by atoms with Crippen LogP contribution in [0.25, 0.3) is 0 Å². The van der Waals surface area contributed by atoms with Crippen molar-refractivity contribution in [2.75, 3.05) is 0 Å². The van der Waals surface area contributed by atoms with Gasteiger partial charge < -0.3 is 0 Å². The molecule has 0 aliphatic heterocycles. The number of rotatable bonds is 1. The molecule has 0 fully saturated rings. The molecule has 2 nitrogen and oxygen atoms in total. The molecule has 0 saturated heterocycles. The molecule has 0 radical (unpaired) electrons. The molecule has 0 amide bonds. The van der Waals surface area contributed by atoms with Crippen molar-refractivity contribution in [3.05, 3.63) is 10.8 Å². The summed E-state index contributed by atoms with van der Waals surface area (Å²) in [6.07, 6.45) is 0.870. The van der Waals surface area contributed by atoms with Crippen LogP contribution in [0.5, 0.6) is 0 Å². The summed E-state index contributed by atoms with van der Waals surface area (Å²) in [5, 5.41) is 0.553. The van der Waals surface area contributed by atoms with Crippen LogP contribution in [0.2, 0.25) is 5.15 Å². The van der Waals surface area contributed by atoms with Crippen molar-refractivity contribution in [1.82, 2.24) is 8.75 Å². The van der Waals surface area contributed by atoms with Crippen LogP contribution in [-0.4, -0.2) is 8.75 Å². The first-order valence-electron chi connectivity index (χ1n) is 2.31. The van der Waals surface area contributed by atoms with Crippen LogP contribution in [-0.2, 0) is 6.42 Å². The number of halogens is 1. The monoisotopic (exact) mass is 148 g/mol. The van der Waals surface area contributed by atoms with Crippen molar-refractivity contribution >= 4 is 23.3 Å². The molecule has 0 aliphatic rings. The minimum atomic E-state index is 0.553. The van der Waals surface area contributed by atoms with E-state index in [1.54, 1.807) is 0 Å². The fourth-order valence-electron chi connectivity index (χ4n) is 0.406. The van der Waals surface area contributed by atoms with Gasteiger partial charge in [-0.05, 0) is 6.42 Å². The van der Waals surface area contributed by atoms with E-state index in [9.17, 15) is 0 Å². The summed E-state index contributed by atoms with van der Waals surface area (Å²) >= 11 is 6.74. The molecular weight excluding hydrogens is 144 g/mol. The normalized spacial score (nSPS) is 9.75. The first-order valence-corrected chi connectivity index (χ1v) is 3.42. The molecule has 8 heavy (non-hydrogen) atoms. The van der Waals surface area contributed by atoms with E-state index < -0.39 is 0 Å². The first-order chi connectivity index (χ1) is 3.84. The smallest absolute Gasteiger partial charge is 0.166 e. The number of hydrogen-bond acceptors (Lipinski definition) is 3. The maximum absolute atomic E-state index is 5.58. The summed E-state index contributed by atoms with van der Waals surface area (Å²) < 4.78 is 7.72. The molecule has 1 aromatic heterocycles. The summed E-state index contributed by atoms with van der Waals surface area (Å²) in [5.74, 6) is 0. The quantitative estimate of drug-likeness (QED) is 0.607. The van der Waals surface area contributed by atoms with Gasteiger partial charge in [0.25, 0.3) is 0 Å². The molecule has 0 saturated carbocycles. The number of hydrogen-bond donors (Lipinski definition) is 0. The van der Waals surface area contributed by atoms with Crippen LogP contribution in [0.3, 0.4) is 0 Å². The maximum Gasteiger partial charge on any atom is 0.166 e. The summed E-state index contributed by atoms with van der Waals surface area (Å²) in [6, 6.07) is 0. The molecule has 1 aromatic rings. The van der Waals surface area contributed by atoms with Gasteiger partial charge in [-0.1, -0.05) is 18.5 Å². The molecule has 0 aromatic carbocycles. The Morgan fingerprint density at radius 1 is 1.62 bits per heavy atom. The highest BCUT2D eigenvalue weighted by Crippen LogP contribution is 2.11. The summed E-state index contributed by atoms with van der Waals surface area (Å²) in [4.78, 5) is 0. The van der Waals surface area contributed by atoms with Gasteiger partial charge in [0.2, 0.25) is 0 Å². The zero-order valence-electron chi connectivity index (χ0n) is 4.39. The average Bonchev–Trinajstić information content (AvgIpc) is 2.14. The van der Waals surface area contributed by atoms with E-state index in [1.807, 2.05) is 6.92 Å². The SMILES string of the molecule is CCc1nsnc1Cl. The highest BCUT2D eigenvalue weighted by atomic mass is 35.5. The lowest BCUT2D eigenvalue weighted by molar-refractivity contribution is 1.08. The second kappa shape index (κ2) is 2.42. The van der Waals surface area contributed by atoms with Gasteiger partial charge in [0.05, 0.1) is 17.4 Å². The maximum atomic E-state index is 5.58. The average molecular weight is 149 g/mol. The van der Waals surface area contributed by atoms with E-state index in [4.69, 9.17) is 11.6 Å². The third-order valence-corrected chi connectivity index (χ3v) is 1.81. The molecule has 0 bridgehead atoms. The topological polar surface area (TPSA) is 25.8 Å². The van der Waals surface area contributed by atoms with Crippen LogP contribution in [0.4, 0.5) is 0 Å². The minimum Gasteiger partial charge on any atom is -0.176 e. The van der Waals surface area contributed by atoms with Crippen molar-refractivity contribution in [3.8, 4) is 0 Å². The highest BCUT2D eigenvalue weighted by Gasteiger charge is 1.99. The molecule has 0 N–H and O–H groups in total. The second-order valence-electron chi connectivity index (χ2n) is 1.36. The minimum absolute atomic E-state index is 0.553. The Labute approximate surface area is 56.8 Å². The van der Waals surface area contributed by atoms with Gasteiger partial charge in [0.1, 0.15) is 0 Å². The lowest BCUT2D eigenvalue weighted by Gasteiger charge is -1.81. The second-order valence-corrected chi connectivity index (χ2v) is 2.24. The standard InChI is InChI=1S/C4H5ClN2S/c1-2-3-4(5)7-8-6-3/h2H2,1H3. The van der Waals surface area contributed by atoms with E-state index in [2.05, 4.69) is 8.75 Å². The zero-order chi connectivity index (χ0) is 5.98. The number of nitrogens with zero attached hydrogens (tertiary/aromatic N) is 2. The highest BCUT2D eigenvalue weighted by molar-refractivity contribution is 6.99. The van der Waals surface area contributed by atoms with Gasteiger partial charge in [-0.25, -0.2) is 0 Å². The van der Waals surface area contributed by atoms with Crippen LogP contribution < -0.4 is 0 Å². The van der Waals surface area contributed by atoms with E-state index in [0.29, 0.717) is 5.15 Å². The molecule has 0 unspecified atom stereocenters. The van der Waals surface area contributed by atoms with Gasteiger partial charge in [0, 0.05) is 0 Å². The molecule has 1 rings (SSSR count). The lowest BCUT2D eigenvalue weighted by atomic mass is 10.4. The van der Waals surface area contributed by atoms with E-state index in [0.717, 1.165) is 23.8 Å².